The van der Waals surface area contributed by atoms with Gasteiger partial charge in [0, 0.05) is 18.8 Å². The minimum atomic E-state index is -0.896. The number of nitrogens with one attached hydrogen (secondary N) is 1. The number of carbonyl (C=O) groups is 2. The first-order valence-corrected chi connectivity index (χ1v) is 6.40. The Morgan fingerprint density at radius 3 is 2.89 bits per heavy atom. The van der Waals surface area contributed by atoms with Crippen molar-refractivity contribution in [3.63, 3.8) is 0 Å². The third-order valence-corrected chi connectivity index (χ3v) is 3.34. The van der Waals surface area contributed by atoms with Crippen LogP contribution in [0.25, 0.3) is 0 Å². The first-order chi connectivity index (χ1) is 9.08. The number of carboxylic acids is 1. The van der Waals surface area contributed by atoms with Crippen molar-refractivity contribution < 1.29 is 14.7 Å². The molecule has 0 aliphatic carbocycles. The molecule has 2 rings (SSSR count). The number of benzene rings is 1. The fraction of sp³-hybridized carbons (Fsp3) is 0.429. The number of amides is 1. The summed E-state index contributed by atoms with van der Waals surface area (Å²) in [6.45, 7) is 2.86. The summed E-state index contributed by atoms with van der Waals surface area (Å²) in [4.78, 5) is 24.5. The second kappa shape index (κ2) is 5.73. The van der Waals surface area contributed by atoms with Crippen LogP contribution in [-0.4, -0.2) is 36.6 Å². The highest BCUT2D eigenvalue weighted by Gasteiger charge is 2.21. The predicted octanol–water partition coefficient (Wildman–Crippen LogP) is 0.886. The fourth-order valence-corrected chi connectivity index (χ4v) is 2.15. The molecule has 0 saturated heterocycles. The number of carboxylic acid groups (broad SMARTS) is 1. The van der Waals surface area contributed by atoms with Crippen LogP contribution in [0.15, 0.2) is 24.3 Å². The highest BCUT2D eigenvalue weighted by Crippen LogP contribution is 2.26. The van der Waals surface area contributed by atoms with Crippen molar-refractivity contribution in [3.8, 4) is 0 Å². The number of aliphatic carboxylic acids is 1. The van der Waals surface area contributed by atoms with E-state index in [1.165, 1.54) is 5.56 Å². The van der Waals surface area contributed by atoms with Crippen molar-refractivity contribution in [2.24, 2.45) is 5.92 Å². The minimum absolute atomic E-state index is 0.134. The number of fused-ring (bicyclic) bond motifs is 1. The molecular formula is C14H18N2O3. The smallest absolute Gasteiger partial charge is 0.308 e. The molecule has 1 aliphatic heterocycles. The maximum atomic E-state index is 11.8. The first-order valence-electron chi connectivity index (χ1n) is 6.40. The summed E-state index contributed by atoms with van der Waals surface area (Å²) in [7, 11) is 0. The fourth-order valence-electron chi connectivity index (χ4n) is 2.15. The second-order valence-electron chi connectivity index (χ2n) is 4.84. The van der Waals surface area contributed by atoms with Crippen LogP contribution >= 0.6 is 0 Å². The van der Waals surface area contributed by atoms with Gasteiger partial charge in [-0.3, -0.25) is 9.59 Å². The van der Waals surface area contributed by atoms with Crippen LogP contribution in [-0.2, 0) is 16.0 Å². The number of anilines is 1. The van der Waals surface area contributed by atoms with Gasteiger partial charge in [0.05, 0.1) is 12.5 Å². The lowest BCUT2D eigenvalue weighted by atomic mass is 10.2. The van der Waals surface area contributed by atoms with E-state index in [1.54, 1.807) is 6.92 Å². The molecule has 1 aromatic carbocycles. The molecule has 0 spiro atoms. The average Bonchev–Trinajstić information content (AvgIpc) is 2.79. The number of hydrogen-bond donors (Lipinski definition) is 2. The van der Waals surface area contributed by atoms with E-state index in [-0.39, 0.29) is 19.0 Å². The number of para-hydroxylation sites is 1. The molecule has 2 N–H and O–H groups in total. The van der Waals surface area contributed by atoms with Crippen LogP contribution in [0, 0.1) is 5.92 Å². The quantitative estimate of drug-likeness (QED) is 0.826. The lowest BCUT2D eigenvalue weighted by Crippen LogP contribution is -2.39. The highest BCUT2D eigenvalue weighted by molar-refractivity contribution is 5.82. The lowest BCUT2D eigenvalue weighted by molar-refractivity contribution is -0.141. The molecular weight excluding hydrogens is 244 g/mol. The van der Waals surface area contributed by atoms with Crippen molar-refractivity contribution in [1.82, 2.24) is 5.32 Å². The van der Waals surface area contributed by atoms with Crippen molar-refractivity contribution in [3.05, 3.63) is 29.8 Å². The zero-order chi connectivity index (χ0) is 13.8. The van der Waals surface area contributed by atoms with Crippen LogP contribution in [0.5, 0.6) is 0 Å². The van der Waals surface area contributed by atoms with Gasteiger partial charge in [0.25, 0.3) is 0 Å². The summed E-state index contributed by atoms with van der Waals surface area (Å²) in [5, 5.41) is 11.4. The summed E-state index contributed by atoms with van der Waals surface area (Å²) in [6.07, 6.45) is 0.953. The monoisotopic (exact) mass is 262 g/mol. The molecule has 1 unspecified atom stereocenters. The molecule has 1 amide bonds. The molecule has 0 aromatic heterocycles. The van der Waals surface area contributed by atoms with Crippen LogP contribution < -0.4 is 10.2 Å². The van der Waals surface area contributed by atoms with Crippen molar-refractivity contribution in [1.29, 1.82) is 0 Å². The van der Waals surface area contributed by atoms with E-state index in [0.29, 0.717) is 0 Å². The van der Waals surface area contributed by atoms with Gasteiger partial charge < -0.3 is 15.3 Å². The van der Waals surface area contributed by atoms with E-state index < -0.39 is 11.9 Å². The molecule has 1 heterocycles. The van der Waals surface area contributed by atoms with Gasteiger partial charge in [-0.25, -0.2) is 0 Å². The summed E-state index contributed by atoms with van der Waals surface area (Å²) >= 11 is 0. The molecule has 5 nitrogen and oxygen atoms in total. The van der Waals surface area contributed by atoms with Gasteiger partial charge in [0.1, 0.15) is 0 Å². The second-order valence-corrected chi connectivity index (χ2v) is 4.84. The van der Waals surface area contributed by atoms with Gasteiger partial charge in [-0.15, -0.1) is 0 Å². The van der Waals surface area contributed by atoms with E-state index in [4.69, 9.17) is 5.11 Å². The average molecular weight is 262 g/mol. The third-order valence-electron chi connectivity index (χ3n) is 3.34. The Kier molecular flexibility index (Phi) is 4.04. The summed E-state index contributed by atoms with van der Waals surface area (Å²) < 4.78 is 0. The molecule has 0 radical (unpaired) electrons. The Morgan fingerprint density at radius 2 is 2.16 bits per heavy atom. The summed E-state index contributed by atoms with van der Waals surface area (Å²) in [5.74, 6) is -1.59. The third kappa shape index (κ3) is 3.24. The van der Waals surface area contributed by atoms with Gasteiger partial charge in [-0.05, 0) is 18.1 Å². The number of hydrogen-bond acceptors (Lipinski definition) is 3. The minimum Gasteiger partial charge on any atom is -0.481 e. The van der Waals surface area contributed by atoms with Gasteiger partial charge >= 0.3 is 5.97 Å². The van der Waals surface area contributed by atoms with Crippen molar-refractivity contribution in [2.75, 3.05) is 24.5 Å². The van der Waals surface area contributed by atoms with Crippen LogP contribution in [0.3, 0.4) is 0 Å². The van der Waals surface area contributed by atoms with E-state index in [2.05, 4.69) is 11.4 Å². The highest BCUT2D eigenvalue weighted by atomic mass is 16.4. The van der Waals surface area contributed by atoms with Gasteiger partial charge in [0.15, 0.2) is 0 Å². The standard InChI is InChI=1S/C14H18N2O3/c1-10(14(18)19)8-15-13(17)9-16-7-6-11-4-2-3-5-12(11)16/h2-5,10H,6-9H2,1H3,(H,15,17)(H,18,19). The predicted molar refractivity (Wildman–Crippen MR) is 72.2 cm³/mol. The largest absolute Gasteiger partial charge is 0.481 e. The van der Waals surface area contributed by atoms with Crippen LogP contribution in [0.4, 0.5) is 5.69 Å². The molecule has 19 heavy (non-hydrogen) atoms. The number of rotatable bonds is 5. The zero-order valence-electron chi connectivity index (χ0n) is 10.9. The Balaban J connectivity index is 1.86. The van der Waals surface area contributed by atoms with E-state index in [1.807, 2.05) is 23.1 Å². The molecule has 0 saturated carbocycles. The molecule has 102 valence electrons. The Labute approximate surface area is 112 Å². The molecule has 1 aliphatic rings. The summed E-state index contributed by atoms with van der Waals surface area (Å²) in [6, 6.07) is 8.04. The molecule has 1 aromatic rings. The van der Waals surface area contributed by atoms with Crippen LogP contribution in [0.1, 0.15) is 12.5 Å². The van der Waals surface area contributed by atoms with E-state index in [0.717, 1.165) is 18.7 Å². The van der Waals surface area contributed by atoms with E-state index in [9.17, 15) is 9.59 Å². The maximum absolute atomic E-state index is 11.8. The Hall–Kier alpha value is -2.04. The van der Waals surface area contributed by atoms with Crippen molar-refractivity contribution in [2.45, 2.75) is 13.3 Å². The topological polar surface area (TPSA) is 69.6 Å². The Bertz CT molecular complexity index is 487. The number of carbonyl (C=O) groups excluding carboxylic acids is 1. The zero-order valence-corrected chi connectivity index (χ0v) is 10.9. The normalized spacial score (nSPS) is 14.9. The summed E-state index contributed by atoms with van der Waals surface area (Å²) in [5.41, 5.74) is 2.36. The molecule has 0 bridgehead atoms. The lowest BCUT2D eigenvalue weighted by Gasteiger charge is -2.19. The maximum Gasteiger partial charge on any atom is 0.308 e. The molecule has 1 atom stereocenters. The van der Waals surface area contributed by atoms with Crippen molar-refractivity contribution >= 4 is 17.6 Å². The SMILES string of the molecule is CC(CNC(=O)CN1CCc2ccccc21)C(=O)O. The van der Waals surface area contributed by atoms with Crippen LogP contribution in [0.2, 0.25) is 0 Å². The van der Waals surface area contributed by atoms with Gasteiger partial charge in [0.2, 0.25) is 5.91 Å². The van der Waals surface area contributed by atoms with E-state index >= 15 is 0 Å². The first kappa shape index (κ1) is 13.4. The Morgan fingerprint density at radius 1 is 1.42 bits per heavy atom. The van der Waals surface area contributed by atoms with Gasteiger partial charge in [-0.1, -0.05) is 25.1 Å². The molecule has 0 fully saturated rings. The number of nitrogens with zero attached hydrogens (tertiary/aromatic N) is 1. The molecule has 5 heteroatoms. The van der Waals surface area contributed by atoms with Gasteiger partial charge in [-0.2, -0.15) is 0 Å².